The number of thiophene rings is 1. The molecule has 0 bridgehead atoms. The van der Waals surface area contributed by atoms with Gasteiger partial charge in [-0.25, -0.2) is 9.78 Å². The zero-order valence-electron chi connectivity index (χ0n) is 8.20. The summed E-state index contributed by atoms with van der Waals surface area (Å²) in [6.45, 7) is 0. The van der Waals surface area contributed by atoms with Gasteiger partial charge >= 0.3 is 5.69 Å². The zero-order chi connectivity index (χ0) is 12.0. The van der Waals surface area contributed by atoms with Gasteiger partial charge in [-0.1, -0.05) is 0 Å². The van der Waals surface area contributed by atoms with Crippen LogP contribution in [0.3, 0.4) is 0 Å². The minimum Gasteiger partial charge on any atom is -0.332 e. The number of aromatic nitrogens is 4. The number of rotatable bonds is 1. The number of hydrogen-bond acceptors (Lipinski definition) is 4. The Labute approximate surface area is 111 Å². The molecule has 0 saturated heterocycles. The maximum atomic E-state index is 11.5. The molecule has 3 aromatic rings. The molecule has 0 fully saturated rings. The molecule has 0 amide bonds. The van der Waals surface area contributed by atoms with Gasteiger partial charge in [-0.3, -0.25) is 14.8 Å². The molecule has 0 unspecified atom stereocenters. The maximum Gasteiger partial charge on any atom is 0.327 e. The molecule has 0 aliphatic carbocycles. The number of H-pyrrole nitrogens is 3. The van der Waals surface area contributed by atoms with Gasteiger partial charge in [0.25, 0.3) is 5.56 Å². The number of aromatic amines is 3. The third-order valence-electron chi connectivity index (χ3n) is 2.23. The number of halogens is 1. The Kier molecular flexibility index (Phi) is 2.40. The van der Waals surface area contributed by atoms with E-state index in [1.54, 1.807) is 11.3 Å². The highest BCUT2D eigenvalue weighted by atomic mass is 127. The summed E-state index contributed by atoms with van der Waals surface area (Å²) >= 11 is 3.79. The highest BCUT2D eigenvalue weighted by Crippen LogP contribution is 2.24. The van der Waals surface area contributed by atoms with Crippen LogP contribution in [0, 0.1) is 2.88 Å². The van der Waals surface area contributed by atoms with E-state index < -0.39 is 11.2 Å². The molecule has 0 aliphatic rings. The van der Waals surface area contributed by atoms with Crippen LogP contribution in [0.4, 0.5) is 0 Å². The van der Waals surface area contributed by atoms with Crippen molar-refractivity contribution in [3.05, 3.63) is 35.2 Å². The fraction of sp³-hybridized carbons (Fsp3) is 0. The Bertz CT molecular complexity index is 812. The minimum absolute atomic E-state index is 0.273. The maximum absolute atomic E-state index is 11.5. The molecule has 3 heterocycles. The first-order chi connectivity index (χ1) is 8.13. The average molecular weight is 360 g/mol. The van der Waals surface area contributed by atoms with E-state index in [1.807, 2.05) is 11.4 Å². The second-order valence-corrected chi connectivity index (χ2v) is 6.16. The van der Waals surface area contributed by atoms with Crippen molar-refractivity contribution in [3.63, 3.8) is 0 Å². The van der Waals surface area contributed by atoms with Crippen LogP contribution in [0.5, 0.6) is 0 Å². The van der Waals surface area contributed by atoms with Gasteiger partial charge in [-0.05, 0) is 28.7 Å². The quantitative estimate of drug-likeness (QED) is 0.571. The lowest BCUT2D eigenvalue weighted by Crippen LogP contribution is -2.21. The molecule has 0 aromatic carbocycles. The minimum atomic E-state index is -0.555. The Hall–Kier alpha value is -1.42. The lowest BCUT2D eigenvalue weighted by Gasteiger charge is -1.86. The second-order valence-electron chi connectivity index (χ2n) is 3.36. The number of imidazole rings is 1. The highest BCUT2D eigenvalue weighted by molar-refractivity contribution is 14.1. The van der Waals surface area contributed by atoms with Crippen LogP contribution in [0.2, 0.25) is 0 Å². The number of hydrogen-bond donors (Lipinski definition) is 3. The standard InChI is InChI=1S/C9H5IN4O2S/c10-4-1-3(2-17-4)6-11-5-7(12-6)13-9(16)14-8(5)15/h1-2H,(H3,11,12,13,14,15,16). The first-order valence-corrected chi connectivity index (χ1v) is 6.56. The van der Waals surface area contributed by atoms with Gasteiger partial charge in [0, 0.05) is 10.9 Å². The van der Waals surface area contributed by atoms with Crippen molar-refractivity contribution < 1.29 is 0 Å². The number of nitrogens with zero attached hydrogens (tertiary/aromatic N) is 1. The molecule has 3 N–H and O–H groups in total. The van der Waals surface area contributed by atoms with Crippen LogP contribution < -0.4 is 11.2 Å². The van der Waals surface area contributed by atoms with E-state index in [0.29, 0.717) is 5.82 Å². The van der Waals surface area contributed by atoms with Crippen LogP contribution in [-0.4, -0.2) is 19.9 Å². The van der Waals surface area contributed by atoms with Crippen molar-refractivity contribution in [1.29, 1.82) is 0 Å². The molecule has 0 aliphatic heterocycles. The topological polar surface area (TPSA) is 94.4 Å². The lowest BCUT2D eigenvalue weighted by atomic mass is 10.3. The molecular formula is C9H5IN4O2S. The van der Waals surface area contributed by atoms with Crippen LogP contribution in [0.15, 0.2) is 21.0 Å². The van der Waals surface area contributed by atoms with E-state index in [9.17, 15) is 9.59 Å². The first kappa shape index (κ1) is 10.7. The Balaban J connectivity index is 2.30. The largest absolute Gasteiger partial charge is 0.332 e. The molecule has 8 heteroatoms. The summed E-state index contributed by atoms with van der Waals surface area (Å²) < 4.78 is 1.13. The van der Waals surface area contributed by atoms with E-state index in [-0.39, 0.29) is 11.2 Å². The van der Waals surface area contributed by atoms with Crippen LogP contribution in [0.25, 0.3) is 22.6 Å². The Morgan fingerprint density at radius 2 is 2.06 bits per heavy atom. The summed E-state index contributed by atoms with van der Waals surface area (Å²) in [7, 11) is 0. The highest BCUT2D eigenvalue weighted by Gasteiger charge is 2.10. The van der Waals surface area contributed by atoms with Gasteiger partial charge in [0.15, 0.2) is 5.65 Å². The Morgan fingerprint density at radius 1 is 1.24 bits per heavy atom. The van der Waals surface area contributed by atoms with E-state index in [4.69, 9.17) is 0 Å². The predicted octanol–water partition coefficient (Wildman–Crippen LogP) is 1.27. The summed E-state index contributed by atoms with van der Waals surface area (Å²) in [5.74, 6) is 0.575. The molecule has 6 nitrogen and oxygen atoms in total. The molecule has 3 rings (SSSR count). The van der Waals surface area contributed by atoms with Gasteiger partial charge in [0.1, 0.15) is 11.3 Å². The van der Waals surface area contributed by atoms with Crippen LogP contribution >= 0.6 is 33.9 Å². The van der Waals surface area contributed by atoms with E-state index in [1.165, 1.54) is 0 Å². The summed E-state index contributed by atoms with van der Waals surface area (Å²) in [5, 5.41) is 1.94. The van der Waals surface area contributed by atoms with Gasteiger partial charge in [0.2, 0.25) is 0 Å². The number of fused-ring (bicyclic) bond motifs is 1. The molecule has 0 radical (unpaired) electrons. The van der Waals surface area contributed by atoms with Crippen molar-refractivity contribution in [2.45, 2.75) is 0 Å². The SMILES string of the molecule is O=c1[nH]c(=O)c2[nH]c(-c3csc(I)c3)nc2[nH]1. The fourth-order valence-electron chi connectivity index (χ4n) is 1.50. The first-order valence-electron chi connectivity index (χ1n) is 4.60. The molecule has 17 heavy (non-hydrogen) atoms. The van der Waals surface area contributed by atoms with Crippen LogP contribution in [0.1, 0.15) is 0 Å². The summed E-state index contributed by atoms with van der Waals surface area (Å²) in [5.41, 5.74) is 0.430. The van der Waals surface area contributed by atoms with Gasteiger partial charge in [-0.2, -0.15) is 0 Å². The number of nitrogens with one attached hydrogen (secondary N) is 3. The summed E-state index contributed by atoms with van der Waals surface area (Å²) in [6, 6.07) is 1.95. The van der Waals surface area contributed by atoms with E-state index in [2.05, 4.69) is 42.5 Å². The van der Waals surface area contributed by atoms with Gasteiger partial charge in [0.05, 0.1) is 2.88 Å². The molecule has 86 valence electrons. The fourth-order valence-corrected chi connectivity index (χ4v) is 2.83. The van der Waals surface area contributed by atoms with Gasteiger partial charge in [-0.15, -0.1) is 11.3 Å². The third kappa shape index (κ3) is 1.82. The molecule has 0 atom stereocenters. The third-order valence-corrected chi connectivity index (χ3v) is 4.02. The van der Waals surface area contributed by atoms with Crippen molar-refractivity contribution >= 4 is 45.1 Å². The van der Waals surface area contributed by atoms with Gasteiger partial charge < -0.3 is 4.98 Å². The molecule has 0 spiro atoms. The molecule has 0 saturated carbocycles. The monoisotopic (exact) mass is 360 g/mol. The van der Waals surface area contributed by atoms with Crippen molar-refractivity contribution in [1.82, 2.24) is 19.9 Å². The summed E-state index contributed by atoms with van der Waals surface area (Å²) in [4.78, 5) is 34.3. The lowest BCUT2D eigenvalue weighted by molar-refractivity contribution is 1.07. The smallest absolute Gasteiger partial charge is 0.327 e. The Morgan fingerprint density at radius 3 is 2.76 bits per heavy atom. The average Bonchev–Trinajstić information content (AvgIpc) is 2.83. The summed E-state index contributed by atoms with van der Waals surface area (Å²) in [6.07, 6.45) is 0. The van der Waals surface area contributed by atoms with E-state index in [0.717, 1.165) is 8.45 Å². The molecule has 3 aromatic heterocycles. The zero-order valence-corrected chi connectivity index (χ0v) is 11.2. The van der Waals surface area contributed by atoms with Crippen molar-refractivity contribution in [3.8, 4) is 11.4 Å². The van der Waals surface area contributed by atoms with Crippen LogP contribution in [-0.2, 0) is 0 Å². The normalized spacial score (nSPS) is 11.1. The van der Waals surface area contributed by atoms with Crippen molar-refractivity contribution in [2.24, 2.45) is 0 Å². The van der Waals surface area contributed by atoms with E-state index >= 15 is 0 Å². The molecular weight excluding hydrogens is 355 g/mol. The predicted molar refractivity (Wildman–Crippen MR) is 73.4 cm³/mol. The second kappa shape index (κ2) is 3.81. The van der Waals surface area contributed by atoms with Crippen molar-refractivity contribution in [2.75, 3.05) is 0 Å².